The molecular weight excluding hydrogens is 236 g/mol. The number of rotatable bonds is 6. The lowest BCUT2D eigenvalue weighted by Gasteiger charge is -2.20. The number of ether oxygens (including phenoxy) is 1. The molecule has 0 amide bonds. The van der Waals surface area contributed by atoms with Crippen LogP contribution in [-0.4, -0.2) is 49.6 Å². The Bertz CT molecular complexity index is 423. The zero-order valence-electron chi connectivity index (χ0n) is 11.0. The molecular formula is C11H18N4O3. The fourth-order valence-electron chi connectivity index (χ4n) is 1.65. The third-order valence-electron chi connectivity index (χ3n) is 2.51. The highest BCUT2D eigenvalue weighted by Gasteiger charge is 2.24. The molecule has 1 unspecified atom stereocenters. The molecule has 0 aliphatic heterocycles. The molecule has 0 aliphatic carbocycles. The standard InChI is InChI=1S/C11H18N4O3/c1-12-8(7-14(2)3)11-9(15(16)17)5-6-10(13-11)18-4/h5-6,8,12H,7H2,1-4H3. The second-order valence-electron chi connectivity index (χ2n) is 4.12. The lowest BCUT2D eigenvalue weighted by molar-refractivity contribution is -0.386. The minimum absolute atomic E-state index is 0.00278. The van der Waals surface area contributed by atoms with Gasteiger partial charge in [0.25, 0.3) is 5.69 Å². The SMILES string of the molecule is CNC(CN(C)C)c1nc(OC)ccc1[N+](=O)[O-]. The fraction of sp³-hybridized carbons (Fsp3) is 0.545. The second kappa shape index (κ2) is 6.27. The van der Waals surface area contributed by atoms with E-state index in [-0.39, 0.29) is 11.7 Å². The Morgan fingerprint density at radius 3 is 2.67 bits per heavy atom. The van der Waals surface area contributed by atoms with Gasteiger partial charge in [-0.3, -0.25) is 10.1 Å². The first kappa shape index (κ1) is 14.3. The summed E-state index contributed by atoms with van der Waals surface area (Å²) in [4.78, 5) is 16.7. The maximum Gasteiger partial charge on any atom is 0.292 e. The quantitative estimate of drug-likeness (QED) is 0.598. The zero-order valence-corrected chi connectivity index (χ0v) is 11.0. The molecule has 1 aromatic heterocycles. The van der Waals surface area contributed by atoms with Crippen molar-refractivity contribution in [2.24, 2.45) is 0 Å². The molecule has 1 aromatic rings. The van der Waals surface area contributed by atoms with E-state index in [1.54, 1.807) is 7.05 Å². The summed E-state index contributed by atoms with van der Waals surface area (Å²) in [7, 11) is 7.03. The summed E-state index contributed by atoms with van der Waals surface area (Å²) in [6.07, 6.45) is 0. The Kier molecular flexibility index (Phi) is 4.99. The summed E-state index contributed by atoms with van der Waals surface area (Å²) in [6, 6.07) is 2.68. The number of aromatic nitrogens is 1. The highest BCUT2D eigenvalue weighted by atomic mass is 16.6. The number of nitro groups is 1. The molecule has 0 saturated heterocycles. The summed E-state index contributed by atoms with van der Waals surface area (Å²) in [5, 5.41) is 14.0. The Balaban J connectivity index is 3.19. The van der Waals surface area contributed by atoms with Crippen LogP contribution in [0.4, 0.5) is 5.69 Å². The second-order valence-corrected chi connectivity index (χ2v) is 4.12. The number of hydrogen-bond acceptors (Lipinski definition) is 6. The average molecular weight is 254 g/mol. The Morgan fingerprint density at radius 2 is 2.22 bits per heavy atom. The first-order chi connectivity index (χ1) is 8.49. The third-order valence-corrected chi connectivity index (χ3v) is 2.51. The van der Waals surface area contributed by atoms with Crippen LogP contribution in [0.1, 0.15) is 11.7 Å². The van der Waals surface area contributed by atoms with E-state index in [4.69, 9.17) is 4.74 Å². The van der Waals surface area contributed by atoms with Crippen LogP contribution in [0.3, 0.4) is 0 Å². The van der Waals surface area contributed by atoms with Gasteiger partial charge >= 0.3 is 0 Å². The highest BCUT2D eigenvalue weighted by Crippen LogP contribution is 2.25. The molecule has 1 rings (SSSR count). The van der Waals surface area contributed by atoms with Gasteiger partial charge in [-0.05, 0) is 21.1 Å². The number of hydrogen-bond donors (Lipinski definition) is 1. The van der Waals surface area contributed by atoms with E-state index in [1.807, 2.05) is 19.0 Å². The molecule has 0 saturated carbocycles. The molecule has 7 nitrogen and oxygen atoms in total. The van der Waals surface area contributed by atoms with Crippen LogP contribution in [0.25, 0.3) is 0 Å². The molecule has 1 heterocycles. The van der Waals surface area contributed by atoms with Gasteiger partial charge in [-0.2, -0.15) is 0 Å². The Morgan fingerprint density at radius 1 is 1.56 bits per heavy atom. The van der Waals surface area contributed by atoms with Gasteiger partial charge in [0.2, 0.25) is 5.88 Å². The van der Waals surface area contributed by atoms with E-state index < -0.39 is 4.92 Å². The van der Waals surface area contributed by atoms with Gasteiger partial charge in [-0.25, -0.2) is 4.98 Å². The molecule has 7 heteroatoms. The van der Waals surface area contributed by atoms with Gasteiger partial charge in [-0.15, -0.1) is 0 Å². The summed E-state index contributed by atoms with van der Waals surface area (Å²) >= 11 is 0. The van der Waals surface area contributed by atoms with Crippen LogP contribution in [0.15, 0.2) is 12.1 Å². The van der Waals surface area contributed by atoms with Gasteiger partial charge in [0.15, 0.2) is 0 Å². The van der Waals surface area contributed by atoms with Crippen molar-refractivity contribution in [2.45, 2.75) is 6.04 Å². The summed E-state index contributed by atoms with van der Waals surface area (Å²) in [5.74, 6) is 0.370. The van der Waals surface area contributed by atoms with Gasteiger partial charge in [0.05, 0.1) is 18.1 Å². The van der Waals surface area contributed by atoms with Crippen molar-refractivity contribution >= 4 is 5.69 Å². The number of methoxy groups -OCH3 is 1. The van der Waals surface area contributed by atoms with E-state index in [2.05, 4.69) is 10.3 Å². The van der Waals surface area contributed by atoms with E-state index in [0.717, 1.165) is 0 Å². The van der Waals surface area contributed by atoms with Crippen molar-refractivity contribution < 1.29 is 9.66 Å². The zero-order chi connectivity index (χ0) is 13.7. The Labute approximate surface area is 106 Å². The van der Waals surface area contributed by atoms with Crippen LogP contribution in [0, 0.1) is 10.1 Å². The van der Waals surface area contributed by atoms with Gasteiger partial charge < -0.3 is 15.0 Å². The predicted molar refractivity (Wildman–Crippen MR) is 67.8 cm³/mol. The Hall–Kier alpha value is -1.73. The summed E-state index contributed by atoms with van der Waals surface area (Å²) < 4.78 is 5.01. The topological polar surface area (TPSA) is 80.5 Å². The van der Waals surface area contributed by atoms with Crippen LogP contribution in [0.2, 0.25) is 0 Å². The average Bonchev–Trinajstić information content (AvgIpc) is 2.34. The van der Waals surface area contributed by atoms with Gasteiger partial charge in [-0.1, -0.05) is 0 Å². The molecule has 0 fully saturated rings. The van der Waals surface area contributed by atoms with Crippen LogP contribution in [-0.2, 0) is 0 Å². The van der Waals surface area contributed by atoms with Crippen LogP contribution in [0.5, 0.6) is 5.88 Å². The smallest absolute Gasteiger partial charge is 0.292 e. The van der Waals surface area contributed by atoms with E-state index in [1.165, 1.54) is 19.2 Å². The van der Waals surface area contributed by atoms with E-state index in [9.17, 15) is 10.1 Å². The van der Waals surface area contributed by atoms with Gasteiger partial charge in [0, 0.05) is 18.7 Å². The van der Waals surface area contributed by atoms with Crippen molar-refractivity contribution in [3.8, 4) is 5.88 Å². The third kappa shape index (κ3) is 3.38. The maximum atomic E-state index is 11.0. The fourth-order valence-corrected chi connectivity index (χ4v) is 1.65. The maximum absolute atomic E-state index is 11.0. The monoisotopic (exact) mass is 254 g/mol. The summed E-state index contributed by atoms with van der Waals surface area (Å²) in [6.45, 7) is 0.609. The number of nitrogens with one attached hydrogen (secondary N) is 1. The van der Waals surface area contributed by atoms with Gasteiger partial charge in [0.1, 0.15) is 5.69 Å². The van der Waals surface area contributed by atoms with E-state index in [0.29, 0.717) is 18.1 Å². The molecule has 0 bridgehead atoms. The molecule has 1 N–H and O–H groups in total. The molecule has 0 aromatic carbocycles. The molecule has 0 spiro atoms. The highest BCUT2D eigenvalue weighted by molar-refractivity contribution is 5.40. The molecule has 100 valence electrons. The van der Waals surface area contributed by atoms with Crippen molar-refractivity contribution in [1.82, 2.24) is 15.2 Å². The largest absolute Gasteiger partial charge is 0.481 e. The normalized spacial score (nSPS) is 12.5. The first-order valence-corrected chi connectivity index (χ1v) is 5.51. The predicted octanol–water partition coefficient (Wildman–Crippen LogP) is 0.820. The molecule has 0 radical (unpaired) electrons. The van der Waals surface area contributed by atoms with Crippen molar-refractivity contribution in [2.75, 3.05) is 34.8 Å². The van der Waals surface area contributed by atoms with Crippen molar-refractivity contribution in [3.05, 3.63) is 27.9 Å². The lowest BCUT2D eigenvalue weighted by Crippen LogP contribution is -2.30. The number of nitrogens with zero attached hydrogens (tertiary/aromatic N) is 3. The van der Waals surface area contributed by atoms with Crippen LogP contribution >= 0.6 is 0 Å². The number of likely N-dealkylation sites (N-methyl/N-ethyl adjacent to an activating group) is 2. The minimum atomic E-state index is -0.429. The van der Waals surface area contributed by atoms with Crippen molar-refractivity contribution in [1.29, 1.82) is 0 Å². The first-order valence-electron chi connectivity index (χ1n) is 5.51. The molecule has 0 aliphatic rings. The van der Waals surface area contributed by atoms with E-state index >= 15 is 0 Å². The number of pyridine rings is 1. The van der Waals surface area contributed by atoms with Crippen LogP contribution < -0.4 is 10.1 Å². The van der Waals surface area contributed by atoms with Crippen molar-refractivity contribution in [3.63, 3.8) is 0 Å². The minimum Gasteiger partial charge on any atom is -0.481 e. The molecule has 18 heavy (non-hydrogen) atoms. The molecule has 1 atom stereocenters. The summed E-state index contributed by atoms with van der Waals surface area (Å²) in [5.41, 5.74) is 0.382. The lowest BCUT2D eigenvalue weighted by atomic mass is 10.1.